The predicted molar refractivity (Wildman–Crippen MR) is 83.5 cm³/mol. The molecule has 3 aromatic rings. The smallest absolute Gasteiger partial charge is 0.307 e. The third-order valence-corrected chi connectivity index (χ3v) is 3.48. The lowest BCUT2D eigenvalue weighted by Gasteiger charge is -2.10. The summed E-state index contributed by atoms with van der Waals surface area (Å²) in [5, 5.41) is 10.6. The monoisotopic (exact) mass is 297 g/mol. The van der Waals surface area contributed by atoms with Gasteiger partial charge in [-0.2, -0.15) is 0 Å². The van der Waals surface area contributed by atoms with E-state index in [1.54, 1.807) is 12.1 Å². The molecule has 1 N–H and O–H groups in total. The van der Waals surface area contributed by atoms with Crippen LogP contribution in [0.3, 0.4) is 0 Å². The minimum Gasteiger partial charge on any atom is -0.481 e. The molecule has 0 saturated heterocycles. The van der Waals surface area contributed by atoms with Gasteiger partial charge in [0.05, 0.1) is 17.6 Å². The van der Waals surface area contributed by atoms with Crippen molar-refractivity contribution >= 4 is 28.5 Å². The van der Waals surface area contributed by atoms with Crippen LogP contribution in [0.5, 0.6) is 0 Å². The molecule has 0 aliphatic heterocycles. The van der Waals surface area contributed by atoms with Crippen LogP contribution < -0.4 is 0 Å². The lowest BCUT2D eigenvalue weighted by Crippen LogP contribution is -2.03. The number of pyridine rings is 1. The molecule has 0 radical (unpaired) electrons. The van der Waals surface area contributed by atoms with Crippen molar-refractivity contribution in [2.24, 2.45) is 0 Å². The molecule has 3 rings (SSSR count). The van der Waals surface area contributed by atoms with E-state index in [0.717, 1.165) is 16.5 Å². The van der Waals surface area contributed by atoms with Crippen molar-refractivity contribution < 1.29 is 9.90 Å². The van der Waals surface area contributed by atoms with Gasteiger partial charge in [0.25, 0.3) is 0 Å². The predicted octanol–water partition coefficient (Wildman–Crippen LogP) is 4.18. The van der Waals surface area contributed by atoms with Gasteiger partial charge in [-0.3, -0.25) is 4.79 Å². The molecular formula is C17H12ClNO2. The number of hydrogen-bond donors (Lipinski definition) is 1. The van der Waals surface area contributed by atoms with E-state index >= 15 is 0 Å². The summed E-state index contributed by atoms with van der Waals surface area (Å²) in [6.07, 6.45) is -0.0698. The van der Waals surface area contributed by atoms with Crippen LogP contribution in [-0.4, -0.2) is 16.1 Å². The minimum absolute atomic E-state index is 0.0698. The minimum atomic E-state index is -0.879. The van der Waals surface area contributed by atoms with E-state index in [-0.39, 0.29) is 6.42 Å². The Morgan fingerprint density at radius 3 is 2.57 bits per heavy atom. The SMILES string of the molecule is O=C(O)Cc1cc2cc(Cl)ccc2nc1-c1ccccc1. The van der Waals surface area contributed by atoms with E-state index in [9.17, 15) is 4.79 Å². The van der Waals surface area contributed by atoms with Crippen molar-refractivity contribution in [3.63, 3.8) is 0 Å². The van der Waals surface area contributed by atoms with E-state index in [1.165, 1.54) is 0 Å². The summed E-state index contributed by atoms with van der Waals surface area (Å²) in [5.74, 6) is -0.879. The molecule has 0 aliphatic rings. The number of nitrogens with zero attached hydrogens (tertiary/aromatic N) is 1. The first kappa shape index (κ1) is 13.6. The van der Waals surface area contributed by atoms with Crippen molar-refractivity contribution in [1.82, 2.24) is 4.98 Å². The summed E-state index contributed by atoms with van der Waals surface area (Å²) < 4.78 is 0. The zero-order valence-corrected chi connectivity index (χ0v) is 11.8. The van der Waals surface area contributed by atoms with Crippen LogP contribution in [-0.2, 0) is 11.2 Å². The average Bonchev–Trinajstić information content (AvgIpc) is 2.47. The fourth-order valence-electron chi connectivity index (χ4n) is 2.33. The molecule has 0 fully saturated rings. The molecule has 1 aromatic heterocycles. The van der Waals surface area contributed by atoms with Crippen LogP contribution in [0.15, 0.2) is 54.6 Å². The molecule has 1 heterocycles. The van der Waals surface area contributed by atoms with Gasteiger partial charge in [-0.05, 0) is 29.8 Å². The topological polar surface area (TPSA) is 50.2 Å². The first-order chi connectivity index (χ1) is 10.1. The second-order valence-corrected chi connectivity index (χ2v) is 5.21. The van der Waals surface area contributed by atoms with Gasteiger partial charge in [0.15, 0.2) is 0 Å². The fourth-order valence-corrected chi connectivity index (χ4v) is 2.52. The molecule has 0 spiro atoms. The van der Waals surface area contributed by atoms with Gasteiger partial charge < -0.3 is 5.11 Å². The largest absolute Gasteiger partial charge is 0.481 e. The Bertz CT molecular complexity index is 816. The van der Waals surface area contributed by atoms with Gasteiger partial charge in [-0.15, -0.1) is 0 Å². The molecule has 0 amide bonds. The molecule has 21 heavy (non-hydrogen) atoms. The van der Waals surface area contributed by atoms with Crippen molar-refractivity contribution in [1.29, 1.82) is 0 Å². The number of rotatable bonds is 3. The molecule has 0 saturated carbocycles. The molecule has 0 unspecified atom stereocenters. The number of carboxylic acid groups (broad SMARTS) is 1. The second kappa shape index (κ2) is 5.54. The summed E-state index contributed by atoms with van der Waals surface area (Å²) in [6.45, 7) is 0. The Kier molecular flexibility index (Phi) is 3.59. The highest BCUT2D eigenvalue weighted by atomic mass is 35.5. The van der Waals surface area contributed by atoms with E-state index in [0.29, 0.717) is 16.3 Å². The van der Waals surface area contributed by atoms with E-state index in [4.69, 9.17) is 16.7 Å². The number of fused-ring (bicyclic) bond motifs is 1. The third-order valence-electron chi connectivity index (χ3n) is 3.24. The molecule has 0 bridgehead atoms. The van der Waals surface area contributed by atoms with E-state index < -0.39 is 5.97 Å². The molecule has 0 atom stereocenters. The standard InChI is InChI=1S/C17H12ClNO2/c18-14-6-7-15-12(9-14)8-13(10-16(20)21)17(19-15)11-4-2-1-3-5-11/h1-9H,10H2,(H,20,21). The number of halogens is 1. The summed E-state index contributed by atoms with van der Waals surface area (Å²) in [4.78, 5) is 15.7. The Morgan fingerprint density at radius 1 is 1.10 bits per heavy atom. The molecular weight excluding hydrogens is 286 g/mol. The Balaban J connectivity index is 2.25. The fraction of sp³-hybridized carbons (Fsp3) is 0.0588. The van der Waals surface area contributed by atoms with Gasteiger partial charge in [0.1, 0.15) is 0 Å². The summed E-state index contributed by atoms with van der Waals surface area (Å²) >= 11 is 5.99. The van der Waals surface area contributed by atoms with Crippen molar-refractivity contribution in [2.75, 3.05) is 0 Å². The van der Waals surface area contributed by atoms with Crippen LogP contribution in [0, 0.1) is 0 Å². The maximum Gasteiger partial charge on any atom is 0.307 e. The molecule has 2 aromatic carbocycles. The van der Waals surface area contributed by atoms with E-state index in [2.05, 4.69) is 4.98 Å². The van der Waals surface area contributed by atoms with Crippen molar-refractivity contribution in [3.05, 3.63) is 65.2 Å². The third kappa shape index (κ3) is 2.88. The number of aromatic nitrogens is 1. The summed E-state index contributed by atoms with van der Waals surface area (Å²) in [7, 11) is 0. The number of aliphatic carboxylic acids is 1. The van der Waals surface area contributed by atoms with Gasteiger partial charge in [-0.1, -0.05) is 41.9 Å². The lowest BCUT2D eigenvalue weighted by atomic mass is 10.0. The number of hydrogen-bond acceptors (Lipinski definition) is 2. The number of benzene rings is 2. The molecule has 3 nitrogen and oxygen atoms in total. The first-order valence-corrected chi connectivity index (χ1v) is 6.88. The number of carboxylic acids is 1. The molecule has 104 valence electrons. The normalized spacial score (nSPS) is 10.7. The number of carbonyl (C=O) groups is 1. The highest BCUT2D eigenvalue weighted by Gasteiger charge is 2.12. The van der Waals surface area contributed by atoms with Gasteiger partial charge in [0.2, 0.25) is 0 Å². The first-order valence-electron chi connectivity index (χ1n) is 6.50. The van der Waals surface area contributed by atoms with Crippen LogP contribution in [0.25, 0.3) is 22.2 Å². The average molecular weight is 298 g/mol. The summed E-state index contributed by atoms with van der Waals surface area (Å²) in [6, 6.07) is 16.9. The zero-order chi connectivity index (χ0) is 14.8. The molecule has 4 heteroatoms. The summed E-state index contributed by atoms with van der Waals surface area (Å²) in [5.41, 5.74) is 3.09. The van der Waals surface area contributed by atoms with Crippen LogP contribution in [0.1, 0.15) is 5.56 Å². The van der Waals surface area contributed by atoms with Crippen molar-refractivity contribution in [2.45, 2.75) is 6.42 Å². The van der Waals surface area contributed by atoms with Gasteiger partial charge in [-0.25, -0.2) is 4.98 Å². The van der Waals surface area contributed by atoms with E-state index in [1.807, 2.05) is 42.5 Å². The van der Waals surface area contributed by atoms with Crippen LogP contribution in [0.2, 0.25) is 5.02 Å². The van der Waals surface area contributed by atoms with Crippen molar-refractivity contribution in [3.8, 4) is 11.3 Å². The van der Waals surface area contributed by atoms with Gasteiger partial charge >= 0.3 is 5.97 Å². The maximum absolute atomic E-state index is 11.1. The highest BCUT2D eigenvalue weighted by molar-refractivity contribution is 6.31. The Hall–Kier alpha value is -2.39. The Morgan fingerprint density at radius 2 is 1.86 bits per heavy atom. The molecule has 0 aliphatic carbocycles. The van der Waals surface area contributed by atoms with Gasteiger partial charge in [0, 0.05) is 16.0 Å². The maximum atomic E-state index is 11.1. The van der Waals surface area contributed by atoms with Crippen LogP contribution >= 0.6 is 11.6 Å². The lowest BCUT2D eigenvalue weighted by molar-refractivity contribution is -0.136. The van der Waals surface area contributed by atoms with Crippen LogP contribution in [0.4, 0.5) is 0 Å². The zero-order valence-electron chi connectivity index (χ0n) is 11.1. The Labute approximate surface area is 126 Å². The highest BCUT2D eigenvalue weighted by Crippen LogP contribution is 2.27. The quantitative estimate of drug-likeness (QED) is 0.789. The second-order valence-electron chi connectivity index (χ2n) is 4.77.